The molecule has 0 unspecified atom stereocenters. The van der Waals surface area contributed by atoms with Crippen LogP contribution in [0.15, 0.2) is 35.3 Å². The average Bonchev–Trinajstić information content (AvgIpc) is 3.05. The number of amidine groups is 1. The molecule has 1 aromatic rings. The SMILES string of the molecule is C[C@H](O)[C@H]1O[C@@H]2SC(N(C)C(=O)O)=N[C@@H]2[C@@H](F)[C@H]1OCc1ccccc1. The van der Waals surface area contributed by atoms with Crippen LogP contribution in [0.1, 0.15) is 12.5 Å². The Hall–Kier alpha value is -1.68. The van der Waals surface area contributed by atoms with Crippen molar-refractivity contribution >= 4 is 23.0 Å². The summed E-state index contributed by atoms with van der Waals surface area (Å²) in [6.07, 6.45) is -5.53. The Morgan fingerprint density at radius 3 is 2.77 bits per heavy atom. The molecule has 1 fully saturated rings. The molecule has 0 spiro atoms. The zero-order valence-corrected chi connectivity index (χ0v) is 15.2. The molecule has 6 atom stereocenters. The van der Waals surface area contributed by atoms with Crippen molar-refractivity contribution in [2.24, 2.45) is 4.99 Å². The summed E-state index contributed by atoms with van der Waals surface area (Å²) in [5.41, 5.74) is 0.180. The van der Waals surface area contributed by atoms with E-state index in [1.807, 2.05) is 30.3 Å². The summed E-state index contributed by atoms with van der Waals surface area (Å²) < 4.78 is 26.7. The van der Waals surface area contributed by atoms with Crippen molar-refractivity contribution < 1.29 is 28.9 Å². The molecule has 0 aromatic heterocycles. The van der Waals surface area contributed by atoms with Crippen LogP contribution in [0.5, 0.6) is 0 Å². The predicted octanol–water partition coefficient (Wildman–Crippen LogP) is 2.10. The van der Waals surface area contributed by atoms with Crippen molar-refractivity contribution in [3.8, 4) is 0 Å². The first-order chi connectivity index (χ1) is 12.4. The highest BCUT2D eigenvalue weighted by atomic mass is 32.2. The largest absolute Gasteiger partial charge is 0.465 e. The molecule has 26 heavy (non-hydrogen) atoms. The molecule has 0 saturated carbocycles. The highest BCUT2D eigenvalue weighted by Crippen LogP contribution is 2.40. The van der Waals surface area contributed by atoms with Gasteiger partial charge in [-0.25, -0.2) is 9.18 Å². The Kier molecular flexibility index (Phi) is 5.81. The Labute approximate surface area is 154 Å². The number of ether oxygens (including phenoxy) is 2. The fourth-order valence-corrected chi connectivity index (χ4v) is 4.08. The van der Waals surface area contributed by atoms with E-state index >= 15 is 4.39 Å². The van der Waals surface area contributed by atoms with Crippen molar-refractivity contribution in [2.45, 2.75) is 49.5 Å². The van der Waals surface area contributed by atoms with Gasteiger partial charge < -0.3 is 19.7 Å². The van der Waals surface area contributed by atoms with Gasteiger partial charge >= 0.3 is 6.09 Å². The summed E-state index contributed by atoms with van der Waals surface area (Å²) in [7, 11) is 1.34. The molecule has 0 bridgehead atoms. The Morgan fingerprint density at radius 1 is 1.46 bits per heavy atom. The molecule has 0 radical (unpaired) electrons. The number of alkyl halides is 1. The van der Waals surface area contributed by atoms with E-state index in [9.17, 15) is 9.90 Å². The summed E-state index contributed by atoms with van der Waals surface area (Å²) >= 11 is 1.04. The van der Waals surface area contributed by atoms with E-state index in [0.29, 0.717) is 0 Å². The van der Waals surface area contributed by atoms with Crippen molar-refractivity contribution in [3.63, 3.8) is 0 Å². The van der Waals surface area contributed by atoms with E-state index in [4.69, 9.17) is 14.6 Å². The van der Waals surface area contributed by atoms with Gasteiger partial charge in [-0.2, -0.15) is 0 Å². The van der Waals surface area contributed by atoms with E-state index in [2.05, 4.69) is 4.99 Å². The van der Waals surface area contributed by atoms with Crippen molar-refractivity contribution in [1.29, 1.82) is 0 Å². The van der Waals surface area contributed by atoms with E-state index in [0.717, 1.165) is 22.2 Å². The van der Waals surface area contributed by atoms with Crippen LogP contribution in [0.2, 0.25) is 0 Å². The van der Waals surface area contributed by atoms with Crippen LogP contribution in [-0.2, 0) is 16.1 Å². The number of fused-ring (bicyclic) bond motifs is 1. The number of aliphatic hydroxyl groups is 1. The number of nitrogens with zero attached hydrogens (tertiary/aromatic N) is 2. The number of carbonyl (C=O) groups is 1. The van der Waals surface area contributed by atoms with Crippen LogP contribution >= 0.6 is 11.8 Å². The first-order valence-electron chi connectivity index (χ1n) is 8.22. The quantitative estimate of drug-likeness (QED) is 0.826. The Balaban J connectivity index is 1.76. The number of aliphatic imine (C=N–C) groups is 1. The van der Waals surface area contributed by atoms with Crippen LogP contribution in [0.3, 0.4) is 0 Å². The third kappa shape index (κ3) is 3.85. The van der Waals surface area contributed by atoms with Gasteiger partial charge in [-0.3, -0.25) is 9.89 Å². The molecule has 142 valence electrons. The molecule has 3 rings (SSSR count). The van der Waals surface area contributed by atoms with Crippen LogP contribution in [0.25, 0.3) is 0 Å². The van der Waals surface area contributed by atoms with Gasteiger partial charge in [-0.1, -0.05) is 42.1 Å². The lowest BCUT2D eigenvalue weighted by Gasteiger charge is -2.40. The number of hydrogen-bond acceptors (Lipinski definition) is 6. The van der Waals surface area contributed by atoms with E-state index in [1.165, 1.54) is 14.0 Å². The summed E-state index contributed by atoms with van der Waals surface area (Å²) in [6.45, 7) is 1.69. The fourth-order valence-electron chi connectivity index (χ4n) is 2.92. The molecule has 0 aliphatic carbocycles. The van der Waals surface area contributed by atoms with Crippen LogP contribution in [0.4, 0.5) is 9.18 Å². The number of halogens is 1. The maximum absolute atomic E-state index is 15.2. The van der Waals surface area contributed by atoms with Gasteiger partial charge in [0.15, 0.2) is 11.3 Å². The number of amides is 1. The average molecular weight is 384 g/mol. The smallest absolute Gasteiger partial charge is 0.413 e. The number of benzene rings is 1. The summed E-state index contributed by atoms with van der Waals surface area (Å²) in [5, 5.41) is 19.3. The van der Waals surface area contributed by atoms with E-state index in [1.54, 1.807) is 0 Å². The topological polar surface area (TPSA) is 91.6 Å². The molecular weight excluding hydrogens is 363 g/mol. The van der Waals surface area contributed by atoms with Gasteiger partial charge in [-0.05, 0) is 12.5 Å². The third-order valence-corrected chi connectivity index (χ3v) is 5.56. The minimum Gasteiger partial charge on any atom is -0.465 e. The maximum Gasteiger partial charge on any atom is 0.413 e. The normalized spacial score (nSPS) is 31.8. The summed E-state index contributed by atoms with van der Waals surface area (Å²) in [5.74, 6) is 0. The third-order valence-electron chi connectivity index (χ3n) is 4.35. The fraction of sp³-hybridized carbons (Fsp3) is 0.529. The minimum atomic E-state index is -1.52. The molecule has 2 aliphatic rings. The van der Waals surface area contributed by atoms with Crippen LogP contribution < -0.4 is 0 Å². The molecular formula is C17H21FN2O5S. The van der Waals surface area contributed by atoms with Gasteiger partial charge in [0.05, 0.1) is 12.7 Å². The second kappa shape index (κ2) is 7.91. The lowest BCUT2D eigenvalue weighted by atomic mass is 9.96. The molecule has 2 N–H and O–H groups in total. The molecule has 1 aromatic carbocycles. The highest BCUT2D eigenvalue weighted by Gasteiger charge is 2.52. The van der Waals surface area contributed by atoms with Crippen molar-refractivity contribution in [3.05, 3.63) is 35.9 Å². The van der Waals surface area contributed by atoms with E-state index < -0.39 is 42.1 Å². The summed E-state index contributed by atoms with van der Waals surface area (Å²) in [6, 6.07) is 8.43. The standard InChI is InChI=1S/C17H21FN2O5S/c1-9(21)13-14(24-8-10-6-4-3-5-7-10)11(18)12-15(25-13)26-16(19-12)20(2)17(22)23/h3-7,9,11-15,21H,8H2,1-2H3,(H,22,23)/t9-,11+,12+,13+,14+,15+/m0/s1. The van der Waals surface area contributed by atoms with Gasteiger partial charge in [-0.15, -0.1) is 0 Å². The molecule has 7 nitrogen and oxygen atoms in total. The van der Waals surface area contributed by atoms with Gasteiger partial charge in [0.2, 0.25) is 0 Å². The predicted molar refractivity (Wildman–Crippen MR) is 94.9 cm³/mol. The van der Waals surface area contributed by atoms with Crippen LogP contribution in [-0.4, -0.2) is 69.4 Å². The lowest BCUT2D eigenvalue weighted by Crippen LogP contribution is -2.57. The zero-order chi connectivity index (χ0) is 18.8. The highest BCUT2D eigenvalue weighted by molar-refractivity contribution is 8.14. The Morgan fingerprint density at radius 2 is 2.15 bits per heavy atom. The summed E-state index contributed by atoms with van der Waals surface area (Å²) in [4.78, 5) is 16.2. The molecule has 1 amide bonds. The first-order valence-corrected chi connectivity index (χ1v) is 9.10. The number of carboxylic acid groups (broad SMARTS) is 1. The second-order valence-electron chi connectivity index (χ2n) is 6.28. The maximum atomic E-state index is 15.2. The number of thioether (sulfide) groups is 1. The van der Waals surface area contributed by atoms with Gasteiger partial charge in [0.25, 0.3) is 0 Å². The Bertz CT molecular complexity index is 674. The van der Waals surface area contributed by atoms with E-state index in [-0.39, 0.29) is 11.8 Å². The second-order valence-corrected chi connectivity index (χ2v) is 7.34. The molecule has 9 heteroatoms. The molecule has 2 heterocycles. The van der Waals surface area contributed by atoms with Gasteiger partial charge in [0.1, 0.15) is 23.7 Å². The van der Waals surface area contributed by atoms with Crippen molar-refractivity contribution in [2.75, 3.05) is 7.05 Å². The van der Waals surface area contributed by atoms with Crippen LogP contribution in [0, 0.1) is 0 Å². The molecule has 2 aliphatic heterocycles. The molecule has 1 saturated heterocycles. The zero-order valence-electron chi connectivity index (χ0n) is 14.4. The lowest BCUT2D eigenvalue weighted by molar-refractivity contribution is -0.188. The van der Waals surface area contributed by atoms with Gasteiger partial charge in [0, 0.05) is 7.05 Å². The number of hydrogen-bond donors (Lipinski definition) is 2. The van der Waals surface area contributed by atoms with Crippen molar-refractivity contribution in [1.82, 2.24) is 4.90 Å². The number of rotatable bonds is 4. The number of aliphatic hydroxyl groups excluding tert-OH is 1. The minimum absolute atomic E-state index is 0.170. The first kappa shape index (κ1) is 19.1. The monoisotopic (exact) mass is 384 g/mol.